The van der Waals surface area contributed by atoms with Gasteiger partial charge >= 0.3 is 11.9 Å². The third kappa shape index (κ3) is 2.02. The lowest BCUT2D eigenvalue weighted by Crippen LogP contribution is -2.65. The summed E-state index contributed by atoms with van der Waals surface area (Å²) < 4.78 is 17.7. The zero-order valence-electron chi connectivity index (χ0n) is 17.9. The summed E-state index contributed by atoms with van der Waals surface area (Å²) in [5, 5.41) is 0. The van der Waals surface area contributed by atoms with Crippen LogP contribution in [0.1, 0.15) is 72.6 Å². The maximum absolute atomic E-state index is 12.9. The number of epoxide rings is 1. The van der Waals surface area contributed by atoms with E-state index in [4.69, 9.17) is 14.2 Å². The first-order chi connectivity index (χ1) is 13.1. The molecule has 5 heteroatoms. The van der Waals surface area contributed by atoms with E-state index in [-0.39, 0.29) is 46.5 Å². The second-order valence-corrected chi connectivity index (χ2v) is 11.0. The van der Waals surface area contributed by atoms with Gasteiger partial charge < -0.3 is 14.2 Å². The predicted octanol–water partition coefficient (Wildman–Crippen LogP) is 3.88. The van der Waals surface area contributed by atoms with Crippen molar-refractivity contribution < 1.29 is 23.8 Å². The van der Waals surface area contributed by atoms with Crippen LogP contribution in [0, 0.1) is 34.0 Å². The quantitative estimate of drug-likeness (QED) is 0.529. The summed E-state index contributed by atoms with van der Waals surface area (Å²) in [6.07, 6.45) is 7.28. The minimum Gasteiger partial charge on any atom is -0.469 e. The summed E-state index contributed by atoms with van der Waals surface area (Å²) in [5.74, 6) is 0.853. The number of ether oxygens (including phenoxy) is 3. The molecule has 9 atom stereocenters. The van der Waals surface area contributed by atoms with Crippen LogP contribution in [0.3, 0.4) is 0 Å². The molecule has 0 N–H and O–H groups in total. The molecule has 5 nitrogen and oxygen atoms in total. The number of carbonyl (C=O) groups excluding carboxylic acids is 2. The largest absolute Gasteiger partial charge is 0.469 e. The molecule has 28 heavy (non-hydrogen) atoms. The number of methoxy groups -OCH3 is 1. The maximum atomic E-state index is 12.9. The van der Waals surface area contributed by atoms with E-state index in [2.05, 4.69) is 20.8 Å². The smallest absolute Gasteiger partial charge is 0.311 e. The lowest BCUT2D eigenvalue weighted by Gasteiger charge is -2.65. The van der Waals surface area contributed by atoms with Crippen LogP contribution in [0.5, 0.6) is 0 Å². The fourth-order valence-electron chi connectivity index (χ4n) is 8.86. The molecule has 4 saturated carbocycles. The van der Waals surface area contributed by atoms with Crippen molar-refractivity contribution in [3.05, 3.63) is 0 Å². The SMILES string of the molecule is COC(=O)[C@]1(C)CCC[C@@]2(C)[C@@H]3CC[C@@H]4C[C@@]3([C@@H](OC(C)=O)C[C@@H]21)[C@H]1O[C@@]41C. The molecule has 5 aliphatic rings. The van der Waals surface area contributed by atoms with Crippen molar-refractivity contribution >= 4 is 11.9 Å². The van der Waals surface area contributed by atoms with Gasteiger partial charge in [0.15, 0.2) is 0 Å². The van der Waals surface area contributed by atoms with Crippen LogP contribution in [0.15, 0.2) is 0 Å². The van der Waals surface area contributed by atoms with Crippen molar-refractivity contribution in [1.82, 2.24) is 0 Å². The van der Waals surface area contributed by atoms with Gasteiger partial charge in [0, 0.05) is 12.3 Å². The summed E-state index contributed by atoms with van der Waals surface area (Å²) in [4.78, 5) is 25.0. The van der Waals surface area contributed by atoms with E-state index in [1.165, 1.54) is 20.5 Å². The Morgan fingerprint density at radius 3 is 2.50 bits per heavy atom. The Morgan fingerprint density at radius 1 is 1.07 bits per heavy atom. The van der Waals surface area contributed by atoms with Gasteiger partial charge in [-0.3, -0.25) is 9.59 Å². The number of hydrogen-bond donors (Lipinski definition) is 0. The molecular weight excluding hydrogens is 356 g/mol. The molecule has 0 aromatic rings. The molecule has 0 unspecified atom stereocenters. The molecule has 1 aliphatic heterocycles. The van der Waals surface area contributed by atoms with Crippen LogP contribution in [-0.4, -0.2) is 36.9 Å². The molecular formula is C23H34O5. The highest BCUT2D eigenvalue weighted by Crippen LogP contribution is 2.78. The van der Waals surface area contributed by atoms with Gasteiger partial charge in [0.2, 0.25) is 0 Å². The number of fused-ring (bicyclic) bond motifs is 5. The number of hydrogen-bond acceptors (Lipinski definition) is 5. The van der Waals surface area contributed by atoms with E-state index >= 15 is 0 Å². The number of rotatable bonds is 2. The summed E-state index contributed by atoms with van der Waals surface area (Å²) in [5.41, 5.74) is -0.565. The van der Waals surface area contributed by atoms with Gasteiger partial charge in [0.1, 0.15) is 6.10 Å². The van der Waals surface area contributed by atoms with Gasteiger partial charge in [-0.1, -0.05) is 13.3 Å². The Morgan fingerprint density at radius 2 is 1.82 bits per heavy atom. The maximum Gasteiger partial charge on any atom is 0.311 e. The fraction of sp³-hybridized carbons (Fsp3) is 0.913. The Labute approximate surface area is 167 Å². The molecule has 5 rings (SSSR count). The first-order valence-electron chi connectivity index (χ1n) is 11.1. The number of esters is 2. The summed E-state index contributed by atoms with van der Waals surface area (Å²) in [7, 11) is 1.50. The lowest BCUT2D eigenvalue weighted by molar-refractivity contribution is -0.229. The molecule has 156 valence electrons. The molecule has 2 bridgehead atoms. The van der Waals surface area contributed by atoms with Crippen molar-refractivity contribution in [2.24, 2.45) is 34.0 Å². The Kier molecular flexibility index (Phi) is 3.73. The molecule has 5 fully saturated rings. The van der Waals surface area contributed by atoms with E-state index in [1.807, 2.05) is 0 Å². The second-order valence-electron chi connectivity index (χ2n) is 11.0. The average molecular weight is 391 g/mol. The zero-order chi connectivity index (χ0) is 20.1. The summed E-state index contributed by atoms with van der Waals surface area (Å²) in [6, 6.07) is 0. The fourth-order valence-corrected chi connectivity index (χ4v) is 8.86. The zero-order valence-corrected chi connectivity index (χ0v) is 17.9. The molecule has 4 aliphatic carbocycles. The van der Waals surface area contributed by atoms with Crippen molar-refractivity contribution in [1.29, 1.82) is 0 Å². The predicted molar refractivity (Wildman–Crippen MR) is 102 cm³/mol. The Bertz CT molecular complexity index is 735. The van der Waals surface area contributed by atoms with Crippen molar-refractivity contribution in [3.8, 4) is 0 Å². The van der Waals surface area contributed by atoms with Gasteiger partial charge in [-0.05, 0) is 75.5 Å². The third-order valence-corrected chi connectivity index (χ3v) is 9.97. The lowest BCUT2D eigenvalue weighted by atomic mass is 9.40. The third-order valence-electron chi connectivity index (χ3n) is 9.97. The molecule has 1 saturated heterocycles. The number of carbonyl (C=O) groups is 2. The Hall–Kier alpha value is -1.10. The minimum atomic E-state index is -0.509. The van der Waals surface area contributed by atoms with E-state index < -0.39 is 5.41 Å². The van der Waals surface area contributed by atoms with E-state index in [9.17, 15) is 9.59 Å². The van der Waals surface area contributed by atoms with Gasteiger partial charge in [-0.2, -0.15) is 0 Å². The molecule has 1 heterocycles. The molecule has 1 spiro atoms. The van der Waals surface area contributed by atoms with Gasteiger partial charge in [0.05, 0.1) is 24.2 Å². The normalized spacial score (nSPS) is 56.1. The van der Waals surface area contributed by atoms with Gasteiger partial charge in [-0.25, -0.2) is 0 Å². The van der Waals surface area contributed by atoms with Crippen LogP contribution >= 0.6 is 0 Å². The Balaban J connectivity index is 1.62. The van der Waals surface area contributed by atoms with Crippen LogP contribution < -0.4 is 0 Å². The van der Waals surface area contributed by atoms with E-state index in [1.54, 1.807) is 0 Å². The highest BCUT2D eigenvalue weighted by molar-refractivity contribution is 5.77. The monoisotopic (exact) mass is 390 g/mol. The van der Waals surface area contributed by atoms with Gasteiger partial charge in [0.25, 0.3) is 0 Å². The van der Waals surface area contributed by atoms with E-state index in [0.717, 1.165) is 38.5 Å². The standard InChI is InChI=1S/C23H34O5/c1-13(24)27-17-11-16-20(2,9-6-10-21(16,3)19(25)26-5)15-8-7-14-12-23(15,17)18-22(14,4)28-18/h14-18H,6-12H2,1-5H3/t14-,15+,16+,17+,18+,20+,21-,22+,23-/m1/s1. The summed E-state index contributed by atoms with van der Waals surface area (Å²) in [6.45, 7) is 8.27. The van der Waals surface area contributed by atoms with Crippen molar-refractivity contribution in [3.63, 3.8) is 0 Å². The first-order valence-corrected chi connectivity index (χ1v) is 11.1. The highest BCUT2D eigenvalue weighted by atomic mass is 16.6. The van der Waals surface area contributed by atoms with Crippen LogP contribution in [0.2, 0.25) is 0 Å². The van der Waals surface area contributed by atoms with Crippen molar-refractivity contribution in [2.45, 2.75) is 90.4 Å². The minimum absolute atomic E-state index is 0.0311. The second kappa shape index (κ2) is 5.53. The van der Waals surface area contributed by atoms with Crippen LogP contribution in [-0.2, 0) is 23.8 Å². The molecule has 0 aromatic heterocycles. The molecule has 0 amide bonds. The summed E-state index contributed by atoms with van der Waals surface area (Å²) >= 11 is 0. The topological polar surface area (TPSA) is 65.1 Å². The first kappa shape index (κ1) is 18.9. The van der Waals surface area contributed by atoms with Gasteiger partial charge in [-0.15, -0.1) is 0 Å². The molecule has 0 radical (unpaired) electrons. The van der Waals surface area contributed by atoms with Crippen LogP contribution in [0.4, 0.5) is 0 Å². The van der Waals surface area contributed by atoms with Crippen LogP contribution in [0.25, 0.3) is 0 Å². The molecule has 0 aromatic carbocycles. The average Bonchev–Trinajstić information content (AvgIpc) is 3.31. The van der Waals surface area contributed by atoms with E-state index in [0.29, 0.717) is 11.8 Å². The van der Waals surface area contributed by atoms with Crippen molar-refractivity contribution in [2.75, 3.05) is 7.11 Å². The highest BCUT2D eigenvalue weighted by Gasteiger charge is 2.82.